The highest BCUT2D eigenvalue weighted by atomic mass is 16.5. The summed E-state index contributed by atoms with van der Waals surface area (Å²) in [5.74, 6) is 0.934. The van der Waals surface area contributed by atoms with Crippen molar-refractivity contribution in [2.75, 3.05) is 13.7 Å². The van der Waals surface area contributed by atoms with Crippen LogP contribution in [0.3, 0.4) is 0 Å². The number of hydrogen-bond acceptors (Lipinski definition) is 2. The Hall–Kier alpha value is -1.02. The number of benzene rings is 1. The third-order valence-electron chi connectivity index (χ3n) is 4.38. The first-order chi connectivity index (χ1) is 9.53. The fraction of sp³-hybridized carbons (Fsp3) is 0.667. The quantitative estimate of drug-likeness (QED) is 0.721. The number of aryl methyl sites for hydroxylation is 1. The maximum Gasteiger partial charge on any atom is 0.118 e. The summed E-state index contributed by atoms with van der Waals surface area (Å²) in [5.41, 5.74) is 1.74. The van der Waals surface area contributed by atoms with Gasteiger partial charge in [-0.2, -0.15) is 0 Å². The van der Waals surface area contributed by atoms with Crippen LogP contribution in [0.4, 0.5) is 0 Å². The Balaban J connectivity index is 2.60. The van der Waals surface area contributed by atoms with E-state index in [9.17, 15) is 0 Å². The summed E-state index contributed by atoms with van der Waals surface area (Å²) in [7, 11) is 1.71. The molecular formula is C18H31NO. The molecule has 2 heteroatoms. The van der Waals surface area contributed by atoms with Crippen molar-refractivity contribution in [1.29, 1.82) is 0 Å². The van der Waals surface area contributed by atoms with Crippen molar-refractivity contribution in [2.45, 2.75) is 59.4 Å². The predicted molar refractivity (Wildman–Crippen MR) is 87.5 cm³/mol. The highest BCUT2D eigenvalue weighted by Gasteiger charge is 2.26. The van der Waals surface area contributed by atoms with Gasteiger partial charge in [-0.05, 0) is 55.3 Å². The van der Waals surface area contributed by atoms with Crippen molar-refractivity contribution in [3.63, 3.8) is 0 Å². The van der Waals surface area contributed by atoms with E-state index in [1.165, 1.54) is 24.8 Å². The first kappa shape index (κ1) is 17.0. The van der Waals surface area contributed by atoms with E-state index in [1.807, 2.05) is 0 Å². The maximum absolute atomic E-state index is 5.21. The number of ether oxygens (including phenoxy) is 1. The fourth-order valence-corrected chi connectivity index (χ4v) is 2.44. The second-order valence-corrected chi connectivity index (χ2v) is 6.24. The van der Waals surface area contributed by atoms with Gasteiger partial charge >= 0.3 is 0 Å². The molecule has 0 aliphatic carbocycles. The molecular weight excluding hydrogens is 246 g/mol. The van der Waals surface area contributed by atoms with E-state index in [4.69, 9.17) is 4.74 Å². The van der Waals surface area contributed by atoms with E-state index in [0.717, 1.165) is 18.7 Å². The van der Waals surface area contributed by atoms with Gasteiger partial charge in [0.2, 0.25) is 0 Å². The van der Waals surface area contributed by atoms with Gasteiger partial charge < -0.3 is 10.1 Å². The zero-order chi connectivity index (χ0) is 15.0. The predicted octanol–water partition coefficient (Wildman–Crippen LogP) is 4.43. The number of nitrogens with one attached hydrogen (secondary N) is 1. The molecule has 1 N–H and O–H groups in total. The lowest BCUT2D eigenvalue weighted by molar-refractivity contribution is 0.220. The average Bonchev–Trinajstić information content (AvgIpc) is 2.47. The van der Waals surface area contributed by atoms with Crippen molar-refractivity contribution in [2.24, 2.45) is 5.41 Å². The summed E-state index contributed by atoms with van der Waals surface area (Å²) in [6.07, 6.45) is 4.71. The first-order valence-corrected chi connectivity index (χ1v) is 7.89. The van der Waals surface area contributed by atoms with Crippen LogP contribution < -0.4 is 10.1 Å². The van der Waals surface area contributed by atoms with Crippen LogP contribution in [-0.2, 0) is 6.42 Å². The third-order valence-corrected chi connectivity index (χ3v) is 4.38. The Kier molecular flexibility index (Phi) is 7.08. The summed E-state index contributed by atoms with van der Waals surface area (Å²) in [5, 5.41) is 3.73. The highest BCUT2D eigenvalue weighted by Crippen LogP contribution is 2.28. The molecule has 0 saturated carbocycles. The zero-order valence-corrected chi connectivity index (χ0v) is 13.8. The monoisotopic (exact) mass is 277 g/mol. The molecule has 1 rings (SSSR count). The Bertz CT molecular complexity index is 370. The summed E-state index contributed by atoms with van der Waals surface area (Å²) in [6.45, 7) is 10.4. The van der Waals surface area contributed by atoms with Crippen LogP contribution in [0.15, 0.2) is 24.3 Å². The van der Waals surface area contributed by atoms with Crippen LogP contribution in [0.25, 0.3) is 0 Å². The lowest BCUT2D eigenvalue weighted by Crippen LogP contribution is -2.42. The molecule has 0 aliphatic rings. The van der Waals surface area contributed by atoms with E-state index < -0.39 is 0 Å². The molecule has 0 amide bonds. The number of hydrogen-bond donors (Lipinski definition) is 1. The van der Waals surface area contributed by atoms with E-state index in [-0.39, 0.29) is 0 Å². The minimum absolute atomic E-state index is 0.349. The normalized spacial score (nSPS) is 13.2. The van der Waals surface area contributed by atoms with Crippen molar-refractivity contribution >= 4 is 0 Å². The van der Waals surface area contributed by atoms with Gasteiger partial charge in [-0.1, -0.05) is 39.8 Å². The largest absolute Gasteiger partial charge is 0.497 e. The minimum Gasteiger partial charge on any atom is -0.497 e. The van der Waals surface area contributed by atoms with E-state index in [0.29, 0.717) is 11.5 Å². The Labute approximate surface area is 124 Å². The summed E-state index contributed by atoms with van der Waals surface area (Å²) < 4.78 is 5.21. The van der Waals surface area contributed by atoms with Crippen LogP contribution >= 0.6 is 0 Å². The third kappa shape index (κ3) is 5.16. The molecule has 0 bridgehead atoms. The molecule has 20 heavy (non-hydrogen) atoms. The second-order valence-electron chi connectivity index (χ2n) is 6.24. The fourth-order valence-electron chi connectivity index (χ4n) is 2.44. The molecule has 1 unspecified atom stereocenters. The van der Waals surface area contributed by atoms with Crippen LogP contribution in [0.1, 0.15) is 52.5 Å². The van der Waals surface area contributed by atoms with Crippen LogP contribution in [-0.4, -0.2) is 19.7 Å². The van der Waals surface area contributed by atoms with Crippen molar-refractivity contribution in [1.82, 2.24) is 5.32 Å². The number of methoxy groups -OCH3 is 1. The topological polar surface area (TPSA) is 21.3 Å². The highest BCUT2D eigenvalue weighted by molar-refractivity contribution is 5.27. The standard InChI is InChI=1S/C18H31NO/c1-6-14-19-17(18(3,4)7-2)13-10-15-8-11-16(20-5)12-9-15/h8-9,11-12,17,19H,6-7,10,13-14H2,1-5H3. The van der Waals surface area contributed by atoms with Gasteiger partial charge in [-0.15, -0.1) is 0 Å². The molecule has 0 heterocycles. The van der Waals surface area contributed by atoms with E-state index >= 15 is 0 Å². The van der Waals surface area contributed by atoms with Gasteiger partial charge in [0.05, 0.1) is 7.11 Å². The summed E-state index contributed by atoms with van der Waals surface area (Å²) in [4.78, 5) is 0. The lowest BCUT2D eigenvalue weighted by atomic mass is 9.79. The van der Waals surface area contributed by atoms with Gasteiger partial charge in [0.15, 0.2) is 0 Å². The van der Waals surface area contributed by atoms with Crippen molar-refractivity contribution in [3.8, 4) is 5.75 Å². The van der Waals surface area contributed by atoms with Crippen LogP contribution in [0.5, 0.6) is 5.75 Å². The van der Waals surface area contributed by atoms with E-state index in [1.54, 1.807) is 7.11 Å². The molecule has 0 spiro atoms. The van der Waals surface area contributed by atoms with Gasteiger partial charge in [0, 0.05) is 6.04 Å². The van der Waals surface area contributed by atoms with Crippen LogP contribution in [0, 0.1) is 5.41 Å². The molecule has 114 valence electrons. The van der Waals surface area contributed by atoms with E-state index in [2.05, 4.69) is 57.3 Å². The molecule has 0 saturated heterocycles. The SMILES string of the molecule is CCCNC(CCc1ccc(OC)cc1)C(C)(C)CC. The number of rotatable bonds is 9. The lowest BCUT2D eigenvalue weighted by Gasteiger charge is -2.34. The van der Waals surface area contributed by atoms with Crippen LogP contribution in [0.2, 0.25) is 0 Å². The molecule has 1 aromatic rings. The Morgan fingerprint density at radius 1 is 1.15 bits per heavy atom. The van der Waals surface area contributed by atoms with Gasteiger partial charge in [-0.25, -0.2) is 0 Å². The summed E-state index contributed by atoms with van der Waals surface area (Å²) in [6, 6.07) is 9.03. The zero-order valence-electron chi connectivity index (χ0n) is 13.8. The van der Waals surface area contributed by atoms with Gasteiger partial charge in [0.25, 0.3) is 0 Å². The first-order valence-electron chi connectivity index (χ1n) is 7.89. The molecule has 0 fully saturated rings. The molecule has 2 nitrogen and oxygen atoms in total. The Morgan fingerprint density at radius 3 is 2.30 bits per heavy atom. The minimum atomic E-state index is 0.349. The smallest absolute Gasteiger partial charge is 0.118 e. The molecule has 0 aliphatic heterocycles. The molecule has 0 aromatic heterocycles. The van der Waals surface area contributed by atoms with Crippen molar-refractivity contribution in [3.05, 3.63) is 29.8 Å². The molecule has 0 radical (unpaired) electrons. The van der Waals surface area contributed by atoms with Gasteiger partial charge in [0.1, 0.15) is 5.75 Å². The molecule has 1 aromatic carbocycles. The average molecular weight is 277 g/mol. The van der Waals surface area contributed by atoms with Crippen molar-refractivity contribution < 1.29 is 4.74 Å². The maximum atomic E-state index is 5.21. The molecule has 1 atom stereocenters. The summed E-state index contributed by atoms with van der Waals surface area (Å²) >= 11 is 0. The Morgan fingerprint density at radius 2 is 1.80 bits per heavy atom. The second kappa shape index (κ2) is 8.31. The van der Waals surface area contributed by atoms with Gasteiger partial charge in [-0.3, -0.25) is 0 Å².